The van der Waals surface area contributed by atoms with Crippen LogP contribution in [0.5, 0.6) is 5.88 Å². The molecule has 0 radical (unpaired) electrons. The van der Waals surface area contributed by atoms with Gasteiger partial charge in [0.1, 0.15) is 6.33 Å². The number of aliphatic hydroxyl groups excluding tert-OH is 1. The second-order valence-electron chi connectivity index (χ2n) is 5.47. The van der Waals surface area contributed by atoms with Gasteiger partial charge in [0.15, 0.2) is 0 Å². The van der Waals surface area contributed by atoms with Crippen molar-refractivity contribution in [3.05, 3.63) is 46.6 Å². The molecule has 0 saturated heterocycles. The van der Waals surface area contributed by atoms with Gasteiger partial charge in [-0.2, -0.15) is 0 Å². The summed E-state index contributed by atoms with van der Waals surface area (Å²) in [6.45, 7) is 3.97. The quantitative estimate of drug-likeness (QED) is 0.896. The van der Waals surface area contributed by atoms with Gasteiger partial charge in [0.2, 0.25) is 5.88 Å². The van der Waals surface area contributed by atoms with Crippen molar-refractivity contribution in [2.24, 2.45) is 5.41 Å². The molecule has 2 aromatic rings. The van der Waals surface area contributed by atoms with E-state index in [9.17, 15) is 5.11 Å². The third-order valence-electron chi connectivity index (χ3n) is 3.44. The first-order valence-corrected chi connectivity index (χ1v) is 7.35. The van der Waals surface area contributed by atoms with Crippen LogP contribution >= 0.6 is 15.9 Å². The molecule has 21 heavy (non-hydrogen) atoms. The van der Waals surface area contributed by atoms with E-state index in [1.165, 1.54) is 6.33 Å². The molecule has 2 rings (SSSR count). The molecule has 0 spiro atoms. The van der Waals surface area contributed by atoms with E-state index in [4.69, 9.17) is 4.74 Å². The van der Waals surface area contributed by atoms with E-state index >= 15 is 0 Å². The van der Waals surface area contributed by atoms with Gasteiger partial charge in [-0.15, -0.1) is 0 Å². The Morgan fingerprint density at radius 2 is 2.05 bits per heavy atom. The van der Waals surface area contributed by atoms with Crippen molar-refractivity contribution < 1.29 is 9.84 Å². The minimum atomic E-state index is -0.432. The summed E-state index contributed by atoms with van der Waals surface area (Å²) >= 11 is 3.39. The fraction of sp³-hybridized carbons (Fsp3) is 0.400. The van der Waals surface area contributed by atoms with E-state index in [-0.39, 0.29) is 12.5 Å². The zero-order valence-electron chi connectivity index (χ0n) is 12.2. The molecule has 1 unspecified atom stereocenters. The van der Waals surface area contributed by atoms with Crippen molar-refractivity contribution in [1.29, 1.82) is 0 Å². The lowest BCUT2D eigenvalue weighted by Gasteiger charge is -2.32. The number of rotatable bonds is 5. The molecule has 0 aliphatic heterocycles. The summed E-state index contributed by atoms with van der Waals surface area (Å²) in [4.78, 5) is 12.7. The van der Waals surface area contributed by atoms with E-state index in [0.717, 1.165) is 15.7 Å². The van der Waals surface area contributed by atoms with Crippen molar-refractivity contribution in [3.8, 4) is 5.88 Å². The SMILES string of the molecule is COc1ncncc1C(c1ccc(Br)cn1)C(C)(C)CO. The van der Waals surface area contributed by atoms with Crippen LogP contribution in [0.4, 0.5) is 0 Å². The highest BCUT2D eigenvalue weighted by molar-refractivity contribution is 9.10. The zero-order valence-corrected chi connectivity index (χ0v) is 13.8. The minimum Gasteiger partial charge on any atom is -0.481 e. The van der Waals surface area contributed by atoms with Gasteiger partial charge in [-0.05, 0) is 28.1 Å². The van der Waals surface area contributed by atoms with E-state index in [1.54, 1.807) is 19.5 Å². The molecule has 2 aromatic heterocycles. The van der Waals surface area contributed by atoms with Crippen molar-refractivity contribution in [3.63, 3.8) is 0 Å². The lowest BCUT2D eigenvalue weighted by molar-refractivity contribution is 0.140. The third kappa shape index (κ3) is 3.39. The Kier molecular flexibility index (Phi) is 4.90. The monoisotopic (exact) mass is 351 g/mol. The molecule has 0 aromatic carbocycles. The van der Waals surface area contributed by atoms with E-state index in [2.05, 4.69) is 30.9 Å². The topological polar surface area (TPSA) is 68.1 Å². The smallest absolute Gasteiger partial charge is 0.220 e. The summed E-state index contributed by atoms with van der Waals surface area (Å²) in [7, 11) is 1.57. The predicted octanol–water partition coefficient (Wildman–Crippen LogP) is 2.79. The highest BCUT2D eigenvalue weighted by Gasteiger charge is 2.35. The van der Waals surface area contributed by atoms with Crippen LogP contribution < -0.4 is 4.74 Å². The first kappa shape index (κ1) is 15.9. The van der Waals surface area contributed by atoms with Gasteiger partial charge in [-0.3, -0.25) is 4.98 Å². The Morgan fingerprint density at radius 1 is 1.29 bits per heavy atom. The minimum absolute atomic E-state index is 0.00740. The van der Waals surface area contributed by atoms with Gasteiger partial charge in [0.05, 0.1) is 7.11 Å². The summed E-state index contributed by atoms with van der Waals surface area (Å²) in [6.07, 6.45) is 4.91. The molecule has 1 atom stereocenters. The van der Waals surface area contributed by atoms with Gasteiger partial charge in [-0.1, -0.05) is 13.8 Å². The van der Waals surface area contributed by atoms with Gasteiger partial charge in [-0.25, -0.2) is 9.97 Å². The molecule has 1 N–H and O–H groups in total. The third-order valence-corrected chi connectivity index (χ3v) is 3.91. The molecule has 0 aliphatic rings. The Labute approximate surface area is 132 Å². The van der Waals surface area contributed by atoms with Crippen LogP contribution in [0.1, 0.15) is 31.0 Å². The number of nitrogens with zero attached hydrogens (tertiary/aromatic N) is 3. The van der Waals surface area contributed by atoms with Crippen LogP contribution in [0.25, 0.3) is 0 Å². The maximum absolute atomic E-state index is 9.79. The molecular weight excluding hydrogens is 334 g/mol. The first-order chi connectivity index (χ1) is 9.99. The normalized spacial score (nSPS) is 13.0. The lowest BCUT2D eigenvalue weighted by atomic mass is 9.74. The van der Waals surface area contributed by atoms with Crippen LogP contribution in [0.15, 0.2) is 35.3 Å². The highest BCUT2D eigenvalue weighted by Crippen LogP contribution is 2.42. The van der Waals surface area contributed by atoms with Crippen molar-refractivity contribution in [2.75, 3.05) is 13.7 Å². The highest BCUT2D eigenvalue weighted by atomic mass is 79.9. The van der Waals surface area contributed by atoms with Gasteiger partial charge >= 0.3 is 0 Å². The molecule has 0 amide bonds. The number of hydrogen-bond acceptors (Lipinski definition) is 5. The molecular formula is C15H18BrN3O2. The van der Waals surface area contributed by atoms with Crippen LogP contribution in [-0.2, 0) is 0 Å². The fourth-order valence-electron chi connectivity index (χ4n) is 2.33. The maximum atomic E-state index is 9.79. The Morgan fingerprint density at radius 3 is 2.62 bits per heavy atom. The molecule has 0 fully saturated rings. The zero-order chi connectivity index (χ0) is 15.5. The standard InChI is InChI=1S/C15H18BrN3O2/c1-15(2,8-20)13(12-5-4-10(16)6-18-12)11-7-17-9-19-14(11)21-3/h4-7,9,13,20H,8H2,1-3H3. The van der Waals surface area contributed by atoms with Crippen LogP contribution in [0.3, 0.4) is 0 Å². The first-order valence-electron chi connectivity index (χ1n) is 6.56. The number of aromatic nitrogens is 3. The van der Waals surface area contributed by atoms with Crippen LogP contribution in [0.2, 0.25) is 0 Å². The number of methoxy groups -OCH3 is 1. The summed E-state index contributed by atoms with van der Waals surface area (Å²) in [5.41, 5.74) is 1.22. The maximum Gasteiger partial charge on any atom is 0.220 e. The van der Waals surface area contributed by atoms with Crippen molar-refractivity contribution >= 4 is 15.9 Å². The summed E-state index contributed by atoms with van der Waals surface area (Å²) < 4.78 is 6.25. The fourth-order valence-corrected chi connectivity index (χ4v) is 2.56. The molecule has 2 heterocycles. The van der Waals surface area contributed by atoms with E-state index < -0.39 is 5.41 Å². The summed E-state index contributed by atoms with van der Waals surface area (Å²) in [5, 5.41) is 9.79. The van der Waals surface area contributed by atoms with E-state index in [0.29, 0.717) is 5.88 Å². The number of pyridine rings is 1. The Balaban J connectivity index is 2.59. The number of hydrogen-bond donors (Lipinski definition) is 1. The van der Waals surface area contributed by atoms with Gasteiger partial charge in [0, 0.05) is 46.1 Å². The molecule has 0 bridgehead atoms. The number of halogens is 1. The summed E-state index contributed by atoms with van der Waals surface area (Å²) in [6, 6.07) is 3.86. The molecule has 0 aliphatic carbocycles. The average Bonchev–Trinajstić information content (AvgIpc) is 2.50. The van der Waals surface area contributed by atoms with Crippen molar-refractivity contribution in [1.82, 2.24) is 15.0 Å². The second-order valence-corrected chi connectivity index (χ2v) is 6.38. The molecule has 6 heteroatoms. The molecule has 112 valence electrons. The van der Waals surface area contributed by atoms with Gasteiger partial charge in [0.25, 0.3) is 0 Å². The van der Waals surface area contributed by atoms with Crippen LogP contribution in [-0.4, -0.2) is 33.8 Å². The lowest BCUT2D eigenvalue weighted by Crippen LogP contribution is -2.28. The number of ether oxygens (including phenoxy) is 1. The van der Waals surface area contributed by atoms with E-state index in [1.807, 2.05) is 26.0 Å². The molecule has 0 saturated carbocycles. The van der Waals surface area contributed by atoms with Crippen molar-refractivity contribution in [2.45, 2.75) is 19.8 Å². The van der Waals surface area contributed by atoms with Crippen LogP contribution in [0, 0.1) is 5.41 Å². The van der Waals surface area contributed by atoms with Gasteiger partial charge < -0.3 is 9.84 Å². The average molecular weight is 352 g/mol. The number of aliphatic hydroxyl groups is 1. The Bertz CT molecular complexity index is 602. The molecule has 5 nitrogen and oxygen atoms in total. The summed E-state index contributed by atoms with van der Waals surface area (Å²) in [5.74, 6) is 0.327. The largest absolute Gasteiger partial charge is 0.481 e. The second kappa shape index (κ2) is 6.49. The predicted molar refractivity (Wildman–Crippen MR) is 83.2 cm³/mol. The Hall–Kier alpha value is -1.53.